The number of aromatic amines is 1. The minimum absolute atomic E-state index is 0.223. The van der Waals surface area contributed by atoms with E-state index >= 15 is 0 Å². The lowest BCUT2D eigenvalue weighted by Gasteiger charge is -2.02. The van der Waals surface area contributed by atoms with Crippen molar-refractivity contribution >= 4 is 5.95 Å². The van der Waals surface area contributed by atoms with E-state index in [2.05, 4.69) is 22.2 Å². The molecule has 0 saturated carbocycles. The SMILES string of the molecule is CCCCCCCNc1ncc(-c2ccc(F)cc2)[nH]1. The Bertz CT molecular complexity index is 505. The lowest BCUT2D eigenvalue weighted by Crippen LogP contribution is -2.02. The molecule has 0 aliphatic rings. The largest absolute Gasteiger partial charge is 0.356 e. The summed E-state index contributed by atoms with van der Waals surface area (Å²) in [5.41, 5.74) is 1.84. The van der Waals surface area contributed by atoms with Gasteiger partial charge in [0.05, 0.1) is 11.9 Å². The number of nitrogens with one attached hydrogen (secondary N) is 2. The van der Waals surface area contributed by atoms with Crippen LogP contribution >= 0.6 is 0 Å². The summed E-state index contributed by atoms with van der Waals surface area (Å²) in [4.78, 5) is 7.49. The highest BCUT2D eigenvalue weighted by Gasteiger charge is 2.02. The molecule has 2 rings (SSSR count). The smallest absolute Gasteiger partial charge is 0.200 e. The van der Waals surface area contributed by atoms with Crippen LogP contribution in [-0.2, 0) is 0 Å². The van der Waals surface area contributed by atoms with E-state index in [4.69, 9.17) is 0 Å². The summed E-state index contributed by atoms with van der Waals surface area (Å²) >= 11 is 0. The molecule has 0 fully saturated rings. The maximum absolute atomic E-state index is 12.9. The second-order valence-corrected chi connectivity index (χ2v) is 4.99. The molecule has 20 heavy (non-hydrogen) atoms. The maximum atomic E-state index is 12.9. The third-order valence-corrected chi connectivity index (χ3v) is 3.30. The number of hydrogen-bond donors (Lipinski definition) is 2. The fourth-order valence-electron chi connectivity index (χ4n) is 2.12. The summed E-state index contributed by atoms with van der Waals surface area (Å²) in [6.45, 7) is 3.15. The van der Waals surface area contributed by atoms with Crippen LogP contribution in [0.25, 0.3) is 11.3 Å². The molecule has 1 aromatic carbocycles. The Hall–Kier alpha value is -1.84. The molecule has 2 N–H and O–H groups in total. The van der Waals surface area contributed by atoms with Gasteiger partial charge in [0.1, 0.15) is 5.82 Å². The van der Waals surface area contributed by atoms with E-state index < -0.39 is 0 Å². The molecular weight excluding hydrogens is 253 g/mol. The topological polar surface area (TPSA) is 40.7 Å². The summed E-state index contributed by atoms with van der Waals surface area (Å²) in [5, 5.41) is 3.28. The van der Waals surface area contributed by atoms with Crippen LogP contribution in [-0.4, -0.2) is 16.5 Å². The molecule has 0 unspecified atom stereocenters. The number of anilines is 1. The molecule has 0 aliphatic heterocycles. The van der Waals surface area contributed by atoms with E-state index in [1.54, 1.807) is 18.3 Å². The number of aromatic nitrogens is 2. The van der Waals surface area contributed by atoms with Gasteiger partial charge in [0.2, 0.25) is 5.95 Å². The van der Waals surface area contributed by atoms with Crippen LogP contribution in [0.4, 0.5) is 10.3 Å². The summed E-state index contributed by atoms with van der Waals surface area (Å²) in [7, 11) is 0. The minimum Gasteiger partial charge on any atom is -0.356 e. The van der Waals surface area contributed by atoms with Crippen LogP contribution in [0.5, 0.6) is 0 Å². The third-order valence-electron chi connectivity index (χ3n) is 3.30. The average Bonchev–Trinajstić information content (AvgIpc) is 2.92. The second kappa shape index (κ2) is 7.68. The predicted octanol–water partition coefficient (Wildman–Crippen LogP) is 4.60. The average molecular weight is 275 g/mol. The standard InChI is InChI=1S/C16H22FN3/c1-2-3-4-5-6-11-18-16-19-12-15(20-16)13-7-9-14(17)10-8-13/h7-10,12H,2-6,11H2,1H3,(H2,18,19,20). The normalized spacial score (nSPS) is 10.7. The number of unbranched alkanes of at least 4 members (excludes halogenated alkanes) is 4. The molecule has 4 heteroatoms. The van der Waals surface area contributed by atoms with Gasteiger partial charge >= 0.3 is 0 Å². The van der Waals surface area contributed by atoms with E-state index in [1.165, 1.54) is 37.8 Å². The number of nitrogens with zero attached hydrogens (tertiary/aromatic N) is 1. The first-order valence-electron chi connectivity index (χ1n) is 7.34. The summed E-state index contributed by atoms with van der Waals surface area (Å²) < 4.78 is 12.9. The van der Waals surface area contributed by atoms with Gasteiger partial charge in [0.15, 0.2) is 0 Å². The van der Waals surface area contributed by atoms with Crippen molar-refractivity contribution in [1.82, 2.24) is 9.97 Å². The van der Waals surface area contributed by atoms with Crippen LogP contribution in [0.15, 0.2) is 30.5 Å². The molecule has 0 amide bonds. The van der Waals surface area contributed by atoms with Gasteiger partial charge in [0, 0.05) is 6.54 Å². The maximum Gasteiger partial charge on any atom is 0.200 e. The lowest BCUT2D eigenvalue weighted by atomic mass is 10.1. The van der Waals surface area contributed by atoms with Crippen molar-refractivity contribution in [2.75, 3.05) is 11.9 Å². The zero-order valence-corrected chi connectivity index (χ0v) is 12.0. The molecule has 1 heterocycles. The van der Waals surface area contributed by atoms with Crippen LogP contribution in [0.3, 0.4) is 0 Å². The lowest BCUT2D eigenvalue weighted by molar-refractivity contribution is 0.628. The van der Waals surface area contributed by atoms with Crippen molar-refractivity contribution < 1.29 is 4.39 Å². The minimum atomic E-state index is -0.223. The molecule has 3 nitrogen and oxygen atoms in total. The fourth-order valence-corrected chi connectivity index (χ4v) is 2.12. The Labute approximate surface area is 119 Å². The Morgan fingerprint density at radius 1 is 1.10 bits per heavy atom. The molecule has 0 atom stereocenters. The number of imidazole rings is 1. The van der Waals surface area contributed by atoms with E-state index in [0.29, 0.717) is 0 Å². The van der Waals surface area contributed by atoms with Crippen LogP contribution in [0.1, 0.15) is 39.0 Å². The van der Waals surface area contributed by atoms with Crippen molar-refractivity contribution in [3.8, 4) is 11.3 Å². The Balaban J connectivity index is 1.79. The van der Waals surface area contributed by atoms with Crippen molar-refractivity contribution in [3.63, 3.8) is 0 Å². The van der Waals surface area contributed by atoms with Gasteiger partial charge < -0.3 is 10.3 Å². The molecule has 108 valence electrons. The fraction of sp³-hybridized carbons (Fsp3) is 0.438. The first-order valence-corrected chi connectivity index (χ1v) is 7.34. The highest BCUT2D eigenvalue weighted by molar-refractivity contribution is 5.60. The summed E-state index contributed by atoms with van der Waals surface area (Å²) in [6, 6.07) is 6.41. The predicted molar refractivity (Wildman–Crippen MR) is 81.2 cm³/mol. The van der Waals surface area contributed by atoms with Crippen LogP contribution in [0, 0.1) is 5.82 Å². The second-order valence-electron chi connectivity index (χ2n) is 4.99. The first-order chi connectivity index (χ1) is 9.79. The van der Waals surface area contributed by atoms with Gasteiger partial charge in [-0.15, -0.1) is 0 Å². The Kier molecular flexibility index (Phi) is 5.59. The monoisotopic (exact) mass is 275 g/mol. The summed E-state index contributed by atoms with van der Waals surface area (Å²) in [5.74, 6) is 0.554. The van der Waals surface area contributed by atoms with Crippen molar-refractivity contribution in [1.29, 1.82) is 0 Å². The number of hydrogen-bond acceptors (Lipinski definition) is 2. The van der Waals surface area contributed by atoms with E-state index in [1.807, 2.05) is 0 Å². The van der Waals surface area contributed by atoms with E-state index in [0.717, 1.165) is 30.2 Å². The number of halogens is 1. The van der Waals surface area contributed by atoms with Gasteiger partial charge in [-0.2, -0.15) is 0 Å². The van der Waals surface area contributed by atoms with Crippen molar-refractivity contribution in [2.24, 2.45) is 0 Å². The van der Waals surface area contributed by atoms with Crippen molar-refractivity contribution in [3.05, 3.63) is 36.3 Å². The number of H-pyrrole nitrogens is 1. The van der Waals surface area contributed by atoms with Gasteiger partial charge in [0.25, 0.3) is 0 Å². The highest BCUT2D eigenvalue weighted by atomic mass is 19.1. The molecule has 2 aromatic rings. The highest BCUT2D eigenvalue weighted by Crippen LogP contribution is 2.18. The third kappa shape index (κ3) is 4.37. The van der Waals surface area contributed by atoms with Gasteiger partial charge in [-0.25, -0.2) is 9.37 Å². The van der Waals surface area contributed by atoms with E-state index in [9.17, 15) is 4.39 Å². The molecule has 0 radical (unpaired) electrons. The number of benzene rings is 1. The zero-order valence-electron chi connectivity index (χ0n) is 12.0. The zero-order chi connectivity index (χ0) is 14.2. The molecule has 0 saturated heterocycles. The van der Waals surface area contributed by atoms with Crippen LogP contribution in [0.2, 0.25) is 0 Å². The first kappa shape index (κ1) is 14.6. The molecule has 0 aliphatic carbocycles. The Morgan fingerprint density at radius 3 is 2.60 bits per heavy atom. The van der Waals surface area contributed by atoms with Crippen molar-refractivity contribution in [2.45, 2.75) is 39.0 Å². The van der Waals surface area contributed by atoms with Crippen LogP contribution < -0.4 is 5.32 Å². The van der Waals surface area contributed by atoms with E-state index in [-0.39, 0.29) is 5.82 Å². The van der Waals surface area contributed by atoms with Gasteiger partial charge in [-0.05, 0) is 36.2 Å². The Morgan fingerprint density at radius 2 is 1.85 bits per heavy atom. The summed E-state index contributed by atoms with van der Waals surface area (Å²) in [6.07, 6.45) is 8.07. The molecule has 0 bridgehead atoms. The molecule has 1 aromatic heterocycles. The molecule has 0 spiro atoms. The quantitative estimate of drug-likeness (QED) is 0.691. The molecular formula is C16H22FN3. The van der Waals surface area contributed by atoms with Gasteiger partial charge in [-0.1, -0.05) is 32.6 Å². The van der Waals surface area contributed by atoms with Gasteiger partial charge in [-0.3, -0.25) is 0 Å². The number of rotatable bonds is 8.